The summed E-state index contributed by atoms with van der Waals surface area (Å²) in [7, 11) is 0. The maximum Gasteiger partial charge on any atom is 0.159 e. The summed E-state index contributed by atoms with van der Waals surface area (Å²) < 4.78 is 0.949. The monoisotopic (exact) mass is 279 g/mol. The Bertz CT molecular complexity index is 436. The van der Waals surface area contributed by atoms with Crippen molar-refractivity contribution in [2.45, 2.75) is 31.1 Å². The van der Waals surface area contributed by atoms with Gasteiger partial charge >= 0.3 is 0 Å². The highest BCUT2D eigenvalue weighted by Gasteiger charge is 2.14. The third kappa shape index (κ3) is 3.56. The Kier molecular flexibility index (Phi) is 4.78. The van der Waals surface area contributed by atoms with Gasteiger partial charge in [0.2, 0.25) is 0 Å². The molecule has 0 saturated carbocycles. The van der Waals surface area contributed by atoms with Crippen LogP contribution in [0, 0.1) is 0 Å². The van der Waals surface area contributed by atoms with E-state index in [1.165, 1.54) is 19.3 Å². The van der Waals surface area contributed by atoms with E-state index in [1.807, 2.05) is 24.3 Å². The van der Waals surface area contributed by atoms with Gasteiger partial charge in [-0.25, -0.2) is 0 Å². The number of likely N-dealkylation sites (tertiary alicyclic amines) is 1. The lowest BCUT2D eigenvalue weighted by atomic mass is 10.1. The largest absolute Gasteiger partial charge is 0.357 e. The fourth-order valence-electron chi connectivity index (χ4n) is 2.00. The average Bonchev–Trinajstić information content (AvgIpc) is 2.40. The molecule has 96 valence electrons. The zero-order chi connectivity index (χ0) is 13.0. The van der Waals surface area contributed by atoms with Gasteiger partial charge < -0.3 is 4.90 Å². The van der Waals surface area contributed by atoms with Crippen LogP contribution in [-0.4, -0.2) is 28.1 Å². The number of rotatable bonds is 2. The molecule has 0 spiro atoms. The highest BCUT2D eigenvalue weighted by Crippen LogP contribution is 2.24. The Labute approximate surface area is 118 Å². The van der Waals surface area contributed by atoms with E-state index in [0.29, 0.717) is 0 Å². The zero-order valence-electron chi connectivity index (χ0n) is 10.5. The molecule has 1 heterocycles. The van der Waals surface area contributed by atoms with Gasteiger partial charge in [-0.2, -0.15) is 0 Å². The van der Waals surface area contributed by atoms with Crippen molar-refractivity contribution in [2.75, 3.05) is 13.1 Å². The van der Waals surface area contributed by atoms with Gasteiger partial charge in [0.15, 0.2) is 5.78 Å². The predicted molar refractivity (Wildman–Crippen MR) is 80.3 cm³/mol. The smallest absolute Gasteiger partial charge is 0.159 e. The van der Waals surface area contributed by atoms with E-state index in [1.54, 1.807) is 18.7 Å². The van der Waals surface area contributed by atoms with Gasteiger partial charge in [0.05, 0.1) is 0 Å². The summed E-state index contributed by atoms with van der Waals surface area (Å²) in [6, 6.07) is 7.67. The normalized spacial score (nSPS) is 15.5. The average molecular weight is 279 g/mol. The van der Waals surface area contributed by atoms with Gasteiger partial charge in [-0.3, -0.25) is 4.79 Å². The van der Waals surface area contributed by atoms with Crippen molar-refractivity contribution in [1.29, 1.82) is 0 Å². The number of Topliss-reactive ketones (excluding diaryl/α,β-unsaturated/α-hetero) is 1. The molecule has 1 saturated heterocycles. The third-order valence-corrected chi connectivity index (χ3v) is 4.53. The van der Waals surface area contributed by atoms with Crippen molar-refractivity contribution in [3.8, 4) is 0 Å². The van der Waals surface area contributed by atoms with Crippen LogP contribution in [0.25, 0.3) is 0 Å². The molecule has 2 rings (SSSR count). The first-order valence-electron chi connectivity index (χ1n) is 6.24. The van der Waals surface area contributed by atoms with E-state index >= 15 is 0 Å². The van der Waals surface area contributed by atoms with Crippen LogP contribution >= 0.6 is 24.0 Å². The summed E-state index contributed by atoms with van der Waals surface area (Å²) in [6.07, 6.45) is 3.80. The number of hydrogen-bond acceptors (Lipinski definition) is 3. The maximum atomic E-state index is 11.2. The molecule has 1 fully saturated rings. The molecular formula is C14H17NOS2. The lowest BCUT2D eigenvalue weighted by Crippen LogP contribution is -2.32. The van der Waals surface area contributed by atoms with Crippen LogP contribution in [0.1, 0.15) is 36.5 Å². The third-order valence-electron chi connectivity index (χ3n) is 3.08. The van der Waals surface area contributed by atoms with Crippen molar-refractivity contribution in [3.63, 3.8) is 0 Å². The Morgan fingerprint density at radius 2 is 1.78 bits per heavy atom. The second-order valence-electron chi connectivity index (χ2n) is 4.50. The minimum absolute atomic E-state index is 0.102. The minimum Gasteiger partial charge on any atom is -0.357 e. The van der Waals surface area contributed by atoms with Gasteiger partial charge in [0, 0.05) is 23.5 Å². The zero-order valence-corrected chi connectivity index (χ0v) is 12.1. The fourth-order valence-corrected chi connectivity index (χ4v) is 3.26. The Balaban J connectivity index is 1.96. The van der Waals surface area contributed by atoms with Gasteiger partial charge in [-0.15, -0.1) is 0 Å². The molecule has 2 nitrogen and oxygen atoms in total. The number of carbonyl (C=O) groups excluding carboxylic acids is 1. The summed E-state index contributed by atoms with van der Waals surface area (Å²) in [5, 5.41) is 0. The van der Waals surface area contributed by atoms with E-state index in [2.05, 4.69) is 4.90 Å². The molecule has 1 aromatic carbocycles. The van der Waals surface area contributed by atoms with E-state index in [9.17, 15) is 4.79 Å². The number of nitrogens with zero attached hydrogens (tertiary/aromatic N) is 1. The predicted octanol–water partition coefficient (Wildman–Crippen LogP) is 3.75. The first-order valence-corrected chi connectivity index (χ1v) is 7.47. The molecule has 18 heavy (non-hydrogen) atoms. The lowest BCUT2D eigenvalue weighted by Gasteiger charge is -2.28. The molecule has 0 N–H and O–H groups in total. The molecular weight excluding hydrogens is 262 g/mol. The number of thioether (sulfide) groups is 1. The molecule has 1 aliphatic heterocycles. The first kappa shape index (κ1) is 13.6. The SMILES string of the molecule is CC(=O)c1ccc(SC(=S)N2CCCCC2)cc1. The summed E-state index contributed by atoms with van der Waals surface area (Å²) in [4.78, 5) is 14.6. The first-order chi connectivity index (χ1) is 8.66. The molecule has 1 aromatic rings. The fraction of sp³-hybridized carbons (Fsp3) is 0.429. The standard InChI is InChI=1S/C14H17NOS2/c1-11(16)12-5-7-13(8-6-12)18-14(17)15-9-3-2-4-10-15/h5-8H,2-4,9-10H2,1H3. The molecule has 0 amide bonds. The number of ketones is 1. The van der Waals surface area contributed by atoms with Gasteiger partial charge in [0.25, 0.3) is 0 Å². The highest BCUT2D eigenvalue weighted by atomic mass is 32.2. The molecule has 0 aliphatic carbocycles. The quantitative estimate of drug-likeness (QED) is 0.466. The number of thiocarbonyl (C=S) groups is 1. The van der Waals surface area contributed by atoms with E-state index in [0.717, 1.165) is 27.9 Å². The minimum atomic E-state index is 0.102. The van der Waals surface area contributed by atoms with E-state index in [4.69, 9.17) is 12.2 Å². The number of piperidine rings is 1. The van der Waals surface area contributed by atoms with Crippen molar-refractivity contribution >= 4 is 34.1 Å². The van der Waals surface area contributed by atoms with Crippen LogP contribution < -0.4 is 0 Å². The van der Waals surface area contributed by atoms with E-state index in [-0.39, 0.29) is 5.78 Å². The van der Waals surface area contributed by atoms with Crippen LogP contribution in [0.4, 0.5) is 0 Å². The Morgan fingerprint density at radius 3 is 2.33 bits per heavy atom. The Hall–Kier alpha value is -0.870. The topological polar surface area (TPSA) is 20.3 Å². The number of carbonyl (C=O) groups is 1. The van der Waals surface area contributed by atoms with Gasteiger partial charge in [-0.05, 0) is 38.3 Å². The number of hydrogen-bond donors (Lipinski definition) is 0. The highest BCUT2D eigenvalue weighted by molar-refractivity contribution is 8.22. The van der Waals surface area contributed by atoms with Crippen LogP contribution in [0.15, 0.2) is 29.2 Å². The van der Waals surface area contributed by atoms with Crippen molar-refractivity contribution < 1.29 is 4.79 Å². The number of benzene rings is 1. The molecule has 4 heteroatoms. The summed E-state index contributed by atoms with van der Waals surface area (Å²) in [5.41, 5.74) is 0.753. The van der Waals surface area contributed by atoms with Crippen molar-refractivity contribution in [3.05, 3.63) is 29.8 Å². The molecule has 0 atom stereocenters. The van der Waals surface area contributed by atoms with Crippen LogP contribution in [-0.2, 0) is 0 Å². The summed E-state index contributed by atoms with van der Waals surface area (Å²) in [6.45, 7) is 3.75. The lowest BCUT2D eigenvalue weighted by molar-refractivity contribution is 0.101. The van der Waals surface area contributed by atoms with Gasteiger partial charge in [0.1, 0.15) is 4.32 Å². The molecule has 0 aromatic heterocycles. The van der Waals surface area contributed by atoms with Crippen LogP contribution in [0.2, 0.25) is 0 Å². The molecule has 1 aliphatic rings. The van der Waals surface area contributed by atoms with E-state index < -0.39 is 0 Å². The molecule has 0 bridgehead atoms. The van der Waals surface area contributed by atoms with Crippen LogP contribution in [0.5, 0.6) is 0 Å². The van der Waals surface area contributed by atoms with Crippen molar-refractivity contribution in [1.82, 2.24) is 4.90 Å². The second-order valence-corrected chi connectivity index (χ2v) is 6.20. The second kappa shape index (κ2) is 6.34. The summed E-state index contributed by atoms with van der Waals surface area (Å²) in [5.74, 6) is 0.102. The van der Waals surface area contributed by atoms with Crippen molar-refractivity contribution in [2.24, 2.45) is 0 Å². The van der Waals surface area contributed by atoms with Gasteiger partial charge in [-0.1, -0.05) is 36.1 Å². The Morgan fingerprint density at radius 1 is 1.17 bits per heavy atom. The molecule has 0 unspecified atom stereocenters. The van der Waals surface area contributed by atoms with Crippen LogP contribution in [0.3, 0.4) is 0 Å². The molecule has 0 radical (unpaired) electrons. The summed E-state index contributed by atoms with van der Waals surface area (Å²) >= 11 is 7.08. The maximum absolute atomic E-state index is 11.2.